The highest BCUT2D eigenvalue weighted by Gasteiger charge is 2.25. The normalized spacial score (nSPS) is 19.2. The molecular weight excluding hydrogens is 298 g/mol. The molecule has 0 radical (unpaired) electrons. The molecule has 0 heterocycles. The topological polar surface area (TPSA) is 12.0 Å². The van der Waals surface area contributed by atoms with Crippen LogP contribution in [0.3, 0.4) is 0 Å². The first-order valence-corrected chi connectivity index (χ1v) is 7.45. The molecule has 0 atom stereocenters. The van der Waals surface area contributed by atoms with Crippen molar-refractivity contribution in [2.75, 3.05) is 0 Å². The molecule has 1 aliphatic carbocycles. The van der Waals surface area contributed by atoms with Crippen LogP contribution >= 0.6 is 27.5 Å². The predicted molar refractivity (Wildman–Crippen MR) is 77.5 cm³/mol. The average Bonchev–Trinajstić information content (AvgIpc) is 2.29. The Morgan fingerprint density at radius 2 is 2.00 bits per heavy atom. The minimum absolute atomic E-state index is 0.300. The van der Waals surface area contributed by atoms with Crippen LogP contribution in [-0.4, -0.2) is 5.54 Å². The molecule has 1 aromatic carbocycles. The Labute approximate surface area is 117 Å². The van der Waals surface area contributed by atoms with Crippen LogP contribution < -0.4 is 5.32 Å². The summed E-state index contributed by atoms with van der Waals surface area (Å²) in [6.45, 7) is 3.20. The molecule has 0 unspecified atom stereocenters. The van der Waals surface area contributed by atoms with E-state index in [0.29, 0.717) is 5.54 Å². The second kappa shape index (κ2) is 5.73. The van der Waals surface area contributed by atoms with Crippen LogP contribution in [0.1, 0.15) is 44.6 Å². The summed E-state index contributed by atoms with van der Waals surface area (Å²) in [6, 6.07) is 6.10. The van der Waals surface area contributed by atoms with E-state index in [4.69, 9.17) is 11.6 Å². The van der Waals surface area contributed by atoms with Crippen LogP contribution in [0.15, 0.2) is 22.7 Å². The van der Waals surface area contributed by atoms with Crippen molar-refractivity contribution in [3.05, 3.63) is 33.3 Å². The van der Waals surface area contributed by atoms with Gasteiger partial charge in [-0.3, -0.25) is 0 Å². The third-order valence-corrected chi connectivity index (χ3v) is 4.52. The molecule has 0 aromatic heterocycles. The number of nitrogens with one attached hydrogen (secondary N) is 1. The second-order valence-corrected chi connectivity index (χ2v) is 6.53. The van der Waals surface area contributed by atoms with Crippen molar-refractivity contribution in [3.8, 4) is 0 Å². The summed E-state index contributed by atoms with van der Waals surface area (Å²) in [7, 11) is 0. The Morgan fingerprint density at radius 3 is 2.65 bits per heavy atom. The minimum Gasteiger partial charge on any atom is -0.307 e. The van der Waals surface area contributed by atoms with E-state index < -0.39 is 0 Å². The van der Waals surface area contributed by atoms with E-state index in [0.717, 1.165) is 16.0 Å². The maximum Gasteiger partial charge on any atom is 0.0462 e. The Bertz CT molecular complexity index is 386. The van der Waals surface area contributed by atoms with Gasteiger partial charge in [0.2, 0.25) is 0 Å². The lowest BCUT2D eigenvalue weighted by Gasteiger charge is -2.35. The lowest BCUT2D eigenvalue weighted by atomic mass is 9.83. The fourth-order valence-corrected chi connectivity index (χ4v) is 3.22. The van der Waals surface area contributed by atoms with Gasteiger partial charge in [-0.1, -0.05) is 52.9 Å². The fraction of sp³-hybridized carbons (Fsp3) is 0.571. The molecule has 3 heteroatoms. The third-order valence-electron chi connectivity index (χ3n) is 3.68. The number of hydrogen-bond donors (Lipinski definition) is 1. The van der Waals surface area contributed by atoms with Gasteiger partial charge in [0, 0.05) is 21.6 Å². The van der Waals surface area contributed by atoms with Crippen LogP contribution in [0.5, 0.6) is 0 Å². The second-order valence-electron chi connectivity index (χ2n) is 5.21. The molecule has 1 aliphatic rings. The summed E-state index contributed by atoms with van der Waals surface area (Å²) in [5.41, 5.74) is 1.48. The van der Waals surface area contributed by atoms with E-state index in [1.54, 1.807) is 0 Å². The lowest BCUT2D eigenvalue weighted by molar-refractivity contribution is 0.252. The quantitative estimate of drug-likeness (QED) is 0.835. The summed E-state index contributed by atoms with van der Waals surface area (Å²) < 4.78 is 1.04. The SMILES string of the molecule is CC1(NCc2ccc(Br)cc2Cl)CCCCC1. The predicted octanol–water partition coefficient (Wildman–Crippen LogP) is 4.91. The minimum atomic E-state index is 0.300. The van der Waals surface area contributed by atoms with E-state index in [1.165, 1.54) is 37.7 Å². The Hall–Kier alpha value is -0.0500. The van der Waals surface area contributed by atoms with Crippen molar-refractivity contribution in [1.29, 1.82) is 0 Å². The zero-order valence-corrected chi connectivity index (χ0v) is 12.6. The highest BCUT2D eigenvalue weighted by atomic mass is 79.9. The standard InChI is InChI=1S/C14H19BrClN/c1-14(7-3-2-4-8-14)17-10-11-5-6-12(15)9-13(11)16/h5-6,9,17H,2-4,7-8,10H2,1H3. The van der Waals surface area contributed by atoms with Gasteiger partial charge in [0.15, 0.2) is 0 Å². The number of hydrogen-bond acceptors (Lipinski definition) is 1. The van der Waals surface area contributed by atoms with E-state index in [-0.39, 0.29) is 0 Å². The number of rotatable bonds is 3. The molecule has 0 spiro atoms. The van der Waals surface area contributed by atoms with Crippen molar-refractivity contribution < 1.29 is 0 Å². The molecule has 2 rings (SSSR count). The molecule has 1 saturated carbocycles. The third kappa shape index (κ3) is 3.70. The van der Waals surface area contributed by atoms with Crippen LogP contribution in [-0.2, 0) is 6.54 Å². The lowest BCUT2D eigenvalue weighted by Crippen LogP contribution is -2.43. The molecule has 17 heavy (non-hydrogen) atoms. The van der Waals surface area contributed by atoms with E-state index in [9.17, 15) is 0 Å². The maximum atomic E-state index is 6.22. The molecule has 94 valence electrons. The Balaban J connectivity index is 1.97. The highest BCUT2D eigenvalue weighted by molar-refractivity contribution is 9.10. The highest BCUT2D eigenvalue weighted by Crippen LogP contribution is 2.28. The average molecular weight is 317 g/mol. The van der Waals surface area contributed by atoms with Gasteiger partial charge >= 0.3 is 0 Å². The van der Waals surface area contributed by atoms with Crippen LogP contribution in [0.25, 0.3) is 0 Å². The zero-order valence-electron chi connectivity index (χ0n) is 10.2. The van der Waals surface area contributed by atoms with Crippen LogP contribution in [0, 0.1) is 0 Å². The molecule has 0 aliphatic heterocycles. The Morgan fingerprint density at radius 1 is 1.29 bits per heavy atom. The maximum absolute atomic E-state index is 6.22. The molecule has 1 aromatic rings. The summed E-state index contributed by atoms with van der Waals surface area (Å²) in [5, 5.41) is 4.51. The Kier molecular flexibility index (Phi) is 4.51. The first-order chi connectivity index (χ1) is 8.09. The van der Waals surface area contributed by atoms with Gasteiger partial charge in [-0.15, -0.1) is 0 Å². The monoisotopic (exact) mass is 315 g/mol. The summed E-state index contributed by atoms with van der Waals surface area (Å²) in [6.07, 6.45) is 6.63. The van der Waals surface area contributed by atoms with E-state index in [2.05, 4.69) is 34.2 Å². The van der Waals surface area contributed by atoms with Crippen molar-refractivity contribution in [2.24, 2.45) is 0 Å². The first kappa shape index (κ1) is 13.4. The van der Waals surface area contributed by atoms with E-state index >= 15 is 0 Å². The van der Waals surface area contributed by atoms with Gasteiger partial charge in [-0.25, -0.2) is 0 Å². The first-order valence-electron chi connectivity index (χ1n) is 6.28. The van der Waals surface area contributed by atoms with Crippen molar-refractivity contribution in [2.45, 2.75) is 51.1 Å². The molecule has 1 N–H and O–H groups in total. The van der Waals surface area contributed by atoms with Gasteiger partial charge in [0.1, 0.15) is 0 Å². The summed E-state index contributed by atoms with van der Waals surface area (Å²) >= 11 is 9.65. The molecule has 0 bridgehead atoms. The molecule has 0 amide bonds. The van der Waals surface area contributed by atoms with Gasteiger partial charge in [0.05, 0.1) is 0 Å². The van der Waals surface area contributed by atoms with Gasteiger partial charge in [-0.05, 0) is 37.5 Å². The van der Waals surface area contributed by atoms with Crippen molar-refractivity contribution in [3.63, 3.8) is 0 Å². The summed E-state index contributed by atoms with van der Waals surface area (Å²) in [5.74, 6) is 0. The number of benzene rings is 1. The van der Waals surface area contributed by atoms with Gasteiger partial charge in [-0.2, -0.15) is 0 Å². The largest absolute Gasteiger partial charge is 0.307 e. The summed E-state index contributed by atoms with van der Waals surface area (Å²) in [4.78, 5) is 0. The number of halogens is 2. The molecule has 0 saturated heterocycles. The van der Waals surface area contributed by atoms with Gasteiger partial charge < -0.3 is 5.32 Å². The van der Waals surface area contributed by atoms with E-state index in [1.807, 2.05) is 12.1 Å². The van der Waals surface area contributed by atoms with Crippen molar-refractivity contribution >= 4 is 27.5 Å². The molecule has 1 nitrogen and oxygen atoms in total. The van der Waals surface area contributed by atoms with Crippen LogP contribution in [0.4, 0.5) is 0 Å². The molecular formula is C14H19BrClN. The fourth-order valence-electron chi connectivity index (χ4n) is 2.48. The molecule has 1 fully saturated rings. The smallest absolute Gasteiger partial charge is 0.0462 e. The zero-order chi connectivity index (χ0) is 12.3. The van der Waals surface area contributed by atoms with Crippen molar-refractivity contribution in [1.82, 2.24) is 5.32 Å². The van der Waals surface area contributed by atoms with Gasteiger partial charge in [0.25, 0.3) is 0 Å². The van der Waals surface area contributed by atoms with Crippen LogP contribution in [0.2, 0.25) is 5.02 Å².